The molecule has 0 atom stereocenters. The van der Waals surface area contributed by atoms with Crippen LogP contribution in [-0.4, -0.2) is 34.7 Å². The second kappa shape index (κ2) is 4.40. The third-order valence-electron chi connectivity index (χ3n) is 1.98. The summed E-state index contributed by atoms with van der Waals surface area (Å²) in [7, 11) is 1.61. The molecule has 2 heterocycles. The van der Waals surface area contributed by atoms with Crippen LogP contribution >= 0.6 is 11.8 Å². The lowest BCUT2D eigenvalue weighted by Gasteiger charge is -2.07. The Morgan fingerprint density at radius 3 is 3.06 bits per heavy atom. The molecule has 1 aliphatic rings. The first-order chi connectivity index (χ1) is 7.68. The molecule has 0 radical (unpaired) electrons. The Labute approximate surface area is 95.7 Å². The lowest BCUT2D eigenvalue weighted by Crippen LogP contribution is -2.27. The summed E-state index contributed by atoms with van der Waals surface area (Å²) in [6.07, 6.45) is 1.40. The van der Waals surface area contributed by atoms with Crippen molar-refractivity contribution in [1.29, 1.82) is 0 Å². The molecule has 1 N–H and O–H groups in total. The number of carbonyl (C=O) groups excluding carboxylic acids is 2. The zero-order valence-corrected chi connectivity index (χ0v) is 9.28. The molecule has 1 saturated heterocycles. The van der Waals surface area contributed by atoms with Crippen molar-refractivity contribution in [3.8, 4) is 0 Å². The van der Waals surface area contributed by atoms with Gasteiger partial charge in [-0.05, 0) is 12.1 Å². The minimum absolute atomic E-state index is 0.0315. The molecule has 1 aromatic heterocycles. The quantitative estimate of drug-likeness (QED) is 0.762. The van der Waals surface area contributed by atoms with Gasteiger partial charge in [-0.15, -0.1) is 5.10 Å². The van der Waals surface area contributed by atoms with E-state index in [4.69, 9.17) is 4.42 Å². The number of thioether (sulfide) groups is 1. The molecule has 84 valence electrons. The van der Waals surface area contributed by atoms with Crippen LogP contribution in [0.1, 0.15) is 10.6 Å². The molecule has 6 nitrogen and oxygen atoms in total. The average molecular weight is 239 g/mol. The smallest absolute Gasteiger partial charge is 0.307 e. The SMILES string of the molecule is CN1C(=O)CS/C1=N/NC(=O)c1ccco1. The molecule has 0 aliphatic carbocycles. The molecule has 0 spiro atoms. The number of hydrogen-bond acceptors (Lipinski definition) is 5. The second-order valence-corrected chi connectivity index (χ2v) is 4.00. The zero-order chi connectivity index (χ0) is 11.5. The van der Waals surface area contributed by atoms with Crippen LogP contribution < -0.4 is 5.43 Å². The molecule has 0 unspecified atom stereocenters. The highest BCUT2D eigenvalue weighted by Gasteiger charge is 2.24. The van der Waals surface area contributed by atoms with E-state index in [0.29, 0.717) is 10.9 Å². The molecule has 16 heavy (non-hydrogen) atoms. The summed E-state index contributed by atoms with van der Waals surface area (Å²) < 4.78 is 4.89. The molecule has 7 heteroatoms. The third-order valence-corrected chi connectivity index (χ3v) is 3.00. The number of nitrogens with zero attached hydrogens (tertiary/aromatic N) is 2. The van der Waals surface area contributed by atoms with Gasteiger partial charge < -0.3 is 4.42 Å². The molecule has 1 fully saturated rings. The van der Waals surface area contributed by atoms with Gasteiger partial charge in [0.05, 0.1) is 12.0 Å². The second-order valence-electron chi connectivity index (χ2n) is 3.05. The first kappa shape index (κ1) is 10.7. The highest BCUT2D eigenvalue weighted by atomic mass is 32.2. The van der Waals surface area contributed by atoms with E-state index in [-0.39, 0.29) is 11.7 Å². The van der Waals surface area contributed by atoms with E-state index in [2.05, 4.69) is 10.5 Å². The van der Waals surface area contributed by atoms with Crippen molar-refractivity contribution in [2.45, 2.75) is 0 Å². The standard InChI is InChI=1S/C9H9N3O3S/c1-12-7(13)5-16-9(12)11-10-8(14)6-3-2-4-15-6/h2-4H,5H2,1H3,(H,10,14)/b11-9+. The van der Waals surface area contributed by atoms with E-state index in [1.807, 2.05) is 0 Å². The number of furan rings is 1. The van der Waals surface area contributed by atoms with Gasteiger partial charge in [0.25, 0.3) is 0 Å². The number of nitrogens with one attached hydrogen (secondary N) is 1. The summed E-state index contributed by atoms with van der Waals surface area (Å²) >= 11 is 1.28. The van der Waals surface area contributed by atoms with Crippen LogP contribution in [0.2, 0.25) is 0 Å². The van der Waals surface area contributed by atoms with E-state index in [0.717, 1.165) is 0 Å². The van der Waals surface area contributed by atoms with Gasteiger partial charge in [0.2, 0.25) is 5.91 Å². The summed E-state index contributed by atoms with van der Waals surface area (Å²) in [5, 5.41) is 4.31. The van der Waals surface area contributed by atoms with Crippen molar-refractivity contribution in [2.75, 3.05) is 12.8 Å². The topological polar surface area (TPSA) is 74.9 Å². The van der Waals surface area contributed by atoms with Gasteiger partial charge >= 0.3 is 5.91 Å². The predicted molar refractivity (Wildman–Crippen MR) is 58.8 cm³/mol. The Bertz CT molecular complexity index is 441. The number of amidine groups is 1. The van der Waals surface area contributed by atoms with Crippen molar-refractivity contribution in [3.63, 3.8) is 0 Å². The van der Waals surface area contributed by atoms with Gasteiger partial charge in [-0.2, -0.15) is 0 Å². The van der Waals surface area contributed by atoms with Crippen molar-refractivity contribution in [2.24, 2.45) is 5.10 Å². The zero-order valence-electron chi connectivity index (χ0n) is 8.47. The summed E-state index contributed by atoms with van der Waals surface area (Å²) in [6.45, 7) is 0. The molecule has 0 aromatic carbocycles. The Hall–Kier alpha value is -1.76. The molecule has 0 saturated carbocycles. The van der Waals surface area contributed by atoms with E-state index in [1.165, 1.54) is 29.0 Å². The Balaban J connectivity index is 1.99. The normalized spacial score (nSPS) is 18.2. The van der Waals surface area contributed by atoms with Crippen LogP contribution in [0.3, 0.4) is 0 Å². The summed E-state index contributed by atoms with van der Waals surface area (Å²) in [5.74, 6) is 0.0644. The number of hydrazone groups is 1. The maximum absolute atomic E-state index is 11.4. The van der Waals surface area contributed by atoms with Gasteiger partial charge in [-0.25, -0.2) is 5.43 Å². The van der Waals surface area contributed by atoms with Gasteiger partial charge in [0.15, 0.2) is 10.9 Å². The molecule has 2 rings (SSSR count). The van der Waals surface area contributed by atoms with Crippen LogP contribution in [0.15, 0.2) is 27.9 Å². The van der Waals surface area contributed by atoms with E-state index in [9.17, 15) is 9.59 Å². The van der Waals surface area contributed by atoms with Gasteiger partial charge in [-0.1, -0.05) is 11.8 Å². The number of amides is 2. The molecule has 2 amide bonds. The number of hydrogen-bond donors (Lipinski definition) is 1. The van der Waals surface area contributed by atoms with Crippen LogP contribution in [-0.2, 0) is 4.79 Å². The monoisotopic (exact) mass is 239 g/mol. The first-order valence-corrected chi connectivity index (χ1v) is 5.48. The Kier molecular flexibility index (Phi) is 2.95. The minimum atomic E-state index is -0.439. The van der Waals surface area contributed by atoms with Gasteiger partial charge in [0, 0.05) is 7.05 Å². The van der Waals surface area contributed by atoms with Crippen LogP contribution in [0.5, 0.6) is 0 Å². The number of carbonyl (C=O) groups is 2. The summed E-state index contributed by atoms with van der Waals surface area (Å²) in [6, 6.07) is 3.15. The van der Waals surface area contributed by atoms with Gasteiger partial charge in [0.1, 0.15) is 0 Å². The molecular weight excluding hydrogens is 230 g/mol. The summed E-state index contributed by atoms with van der Waals surface area (Å²) in [5.41, 5.74) is 2.32. The Morgan fingerprint density at radius 2 is 2.50 bits per heavy atom. The molecule has 1 aliphatic heterocycles. The average Bonchev–Trinajstić information content (AvgIpc) is 2.89. The molecule has 1 aromatic rings. The van der Waals surface area contributed by atoms with E-state index in [1.54, 1.807) is 13.1 Å². The highest BCUT2D eigenvalue weighted by molar-refractivity contribution is 8.15. The van der Waals surface area contributed by atoms with Crippen LogP contribution in [0.25, 0.3) is 0 Å². The molecule has 0 bridgehead atoms. The Morgan fingerprint density at radius 1 is 1.69 bits per heavy atom. The predicted octanol–water partition coefficient (Wildman–Crippen LogP) is 0.486. The van der Waals surface area contributed by atoms with E-state index >= 15 is 0 Å². The van der Waals surface area contributed by atoms with Crippen molar-refractivity contribution in [3.05, 3.63) is 24.2 Å². The van der Waals surface area contributed by atoms with Crippen molar-refractivity contribution < 1.29 is 14.0 Å². The van der Waals surface area contributed by atoms with Gasteiger partial charge in [-0.3, -0.25) is 14.5 Å². The van der Waals surface area contributed by atoms with Crippen molar-refractivity contribution in [1.82, 2.24) is 10.3 Å². The fourth-order valence-corrected chi connectivity index (χ4v) is 1.95. The van der Waals surface area contributed by atoms with Crippen LogP contribution in [0, 0.1) is 0 Å². The first-order valence-electron chi connectivity index (χ1n) is 4.49. The van der Waals surface area contributed by atoms with Crippen LogP contribution in [0.4, 0.5) is 0 Å². The largest absolute Gasteiger partial charge is 0.459 e. The number of rotatable bonds is 2. The van der Waals surface area contributed by atoms with E-state index < -0.39 is 5.91 Å². The lowest BCUT2D eigenvalue weighted by molar-refractivity contribution is -0.123. The maximum Gasteiger partial charge on any atom is 0.307 e. The lowest BCUT2D eigenvalue weighted by atomic mass is 10.4. The highest BCUT2D eigenvalue weighted by Crippen LogP contribution is 2.16. The maximum atomic E-state index is 11.4. The minimum Gasteiger partial charge on any atom is -0.459 e. The third kappa shape index (κ3) is 2.08. The summed E-state index contributed by atoms with van der Waals surface area (Å²) in [4.78, 5) is 24.0. The molecular formula is C9H9N3O3S. The van der Waals surface area contributed by atoms with Crippen molar-refractivity contribution >= 4 is 28.7 Å². The fraction of sp³-hybridized carbons (Fsp3) is 0.222. The fourth-order valence-electron chi connectivity index (χ4n) is 1.10.